The lowest BCUT2D eigenvalue weighted by Crippen LogP contribution is -2.18. The molecule has 0 saturated heterocycles. The molecule has 0 aliphatic rings. The Hall–Kier alpha value is -1.69. The molecule has 2 rings (SSSR count). The van der Waals surface area contributed by atoms with E-state index in [0.29, 0.717) is 17.8 Å². The maximum Gasteiger partial charge on any atom is 0.306 e. The van der Waals surface area contributed by atoms with Crippen LogP contribution in [-0.4, -0.2) is 15.4 Å². The third-order valence-electron chi connectivity index (χ3n) is 2.73. The molecular weight excluding hydrogens is 336 g/mol. The fourth-order valence-corrected chi connectivity index (χ4v) is 2.18. The third-order valence-corrected chi connectivity index (χ3v) is 3.20. The summed E-state index contributed by atoms with van der Waals surface area (Å²) < 4.78 is 7.40. The van der Waals surface area contributed by atoms with Gasteiger partial charge in [0.2, 0.25) is 0 Å². The summed E-state index contributed by atoms with van der Waals surface area (Å²) in [5, 5.41) is 0. The number of esters is 1. The minimum absolute atomic E-state index is 0.0106. The topological polar surface area (TPSA) is 60.7 Å². The van der Waals surface area contributed by atoms with E-state index in [2.05, 4.69) is 20.9 Å². The first kappa shape index (κ1) is 15.7. The van der Waals surface area contributed by atoms with Crippen LogP contribution >= 0.6 is 15.9 Å². The number of carbonyl (C=O) groups is 1. The molecular formula is C15H17BrN2O3. The van der Waals surface area contributed by atoms with Crippen LogP contribution in [0, 0.1) is 5.41 Å². The Morgan fingerprint density at radius 3 is 2.76 bits per heavy atom. The molecule has 0 bridgehead atoms. The number of hydrogen-bond donors (Lipinski definition) is 0. The van der Waals surface area contributed by atoms with E-state index >= 15 is 0 Å². The molecule has 0 spiro atoms. The number of fused-ring (bicyclic) bond motifs is 1. The maximum absolute atomic E-state index is 12.0. The van der Waals surface area contributed by atoms with Crippen molar-refractivity contribution in [2.24, 2.45) is 5.41 Å². The lowest BCUT2D eigenvalue weighted by Gasteiger charge is -2.16. The van der Waals surface area contributed by atoms with E-state index in [1.54, 1.807) is 18.3 Å². The summed E-state index contributed by atoms with van der Waals surface area (Å²) in [6.45, 7) is 5.91. The van der Waals surface area contributed by atoms with Gasteiger partial charge in [-0.05, 0) is 33.5 Å². The van der Waals surface area contributed by atoms with Gasteiger partial charge in [0.1, 0.15) is 12.3 Å². The second-order valence-corrected chi connectivity index (χ2v) is 6.98. The van der Waals surface area contributed by atoms with Crippen molar-refractivity contribution in [3.63, 3.8) is 0 Å². The largest absolute Gasteiger partial charge is 0.459 e. The Morgan fingerprint density at radius 1 is 1.38 bits per heavy atom. The highest BCUT2D eigenvalue weighted by atomic mass is 79.9. The first-order chi connectivity index (χ1) is 9.74. The first-order valence-corrected chi connectivity index (χ1v) is 7.37. The molecule has 0 aliphatic heterocycles. The van der Waals surface area contributed by atoms with Crippen LogP contribution < -0.4 is 5.56 Å². The highest BCUT2D eigenvalue weighted by Crippen LogP contribution is 2.19. The molecule has 0 N–H and O–H groups in total. The Bertz CT molecular complexity index is 732. The zero-order chi connectivity index (χ0) is 15.6. The SMILES string of the molecule is CC(C)(C)CC(=O)OCc1cc(=O)n2cc(Br)ccc2n1. The van der Waals surface area contributed by atoms with E-state index in [4.69, 9.17) is 4.74 Å². The summed E-state index contributed by atoms with van der Waals surface area (Å²) in [5.41, 5.74) is 0.639. The molecule has 2 aromatic rings. The smallest absolute Gasteiger partial charge is 0.306 e. The minimum atomic E-state index is -0.291. The molecule has 0 fully saturated rings. The Morgan fingerprint density at radius 2 is 2.10 bits per heavy atom. The number of rotatable bonds is 3. The van der Waals surface area contributed by atoms with Crippen LogP contribution in [0.5, 0.6) is 0 Å². The Labute approximate surface area is 131 Å². The van der Waals surface area contributed by atoms with E-state index in [9.17, 15) is 9.59 Å². The molecule has 0 amide bonds. The van der Waals surface area contributed by atoms with Crippen molar-refractivity contribution < 1.29 is 9.53 Å². The highest BCUT2D eigenvalue weighted by molar-refractivity contribution is 9.10. The van der Waals surface area contributed by atoms with E-state index in [-0.39, 0.29) is 23.6 Å². The molecule has 2 aromatic heterocycles. The van der Waals surface area contributed by atoms with Crippen LogP contribution in [-0.2, 0) is 16.1 Å². The molecule has 5 nitrogen and oxygen atoms in total. The van der Waals surface area contributed by atoms with Crippen molar-refractivity contribution in [3.05, 3.63) is 44.9 Å². The number of pyridine rings is 1. The summed E-state index contributed by atoms with van der Waals surface area (Å²) in [7, 11) is 0. The van der Waals surface area contributed by atoms with Crippen LogP contribution in [0.1, 0.15) is 32.9 Å². The third kappa shape index (κ3) is 4.39. The number of halogens is 1. The van der Waals surface area contributed by atoms with Gasteiger partial charge in [-0.15, -0.1) is 0 Å². The molecule has 0 aromatic carbocycles. The fraction of sp³-hybridized carbons (Fsp3) is 0.400. The number of hydrogen-bond acceptors (Lipinski definition) is 4. The van der Waals surface area contributed by atoms with Crippen LogP contribution in [0.2, 0.25) is 0 Å². The monoisotopic (exact) mass is 352 g/mol. The Kier molecular flexibility index (Phi) is 4.46. The number of carbonyl (C=O) groups excluding carboxylic acids is 1. The Balaban J connectivity index is 2.15. The van der Waals surface area contributed by atoms with E-state index in [0.717, 1.165) is 4.47 Å². The molecule has 0 unspecified atom stereocenters. The average Bonchev–Trinajstić information content (AvgIpc) is 2.35. The van der Waals surface area contributed by atoms with Crippen molar-refractivity contribution in [1.82, 2.24) is 9.38 Å². The molecule has 0 saturated carbocycles. The lowest BCUT2D eigenvalue weighted by atomic mass is 9.92. The maximum atomic E-state index is 12.0. The van der Waals surface area contributed by atoms with Gasteiger partial charge in [-0.2, -0.15) is 0 Å². The van der Waals surface area contributed by atoms with Gasteiger partial charge in [-0.25, -0.2) is 4.98 Å². The van der Waals surface area contributed by atoms with Gasteiger partial charge in [0.05, 0.1) is 12.1 Å². The first-order valence-electron chi connectivity index (χ1n) is 6.58. The predicted octanol–water partition coefficient (Wildman–Crippen LogP) is 2.94. The van der Waals surface area contributed by atoms with Crippen LogP contribution in [0.15, 0.2) is 33.7 Å². The van der Waals surface area contributed by atoms with Gasteiger partial charge in [-0.3, -0.25) is 14.0 Å². The van der Waals surface area contributed by atoms with Crippen molar-refractivity contribution in [1.29, 1.82) is 0 Å². The van der Waals surface area contributed by atoms with Crippen molar-refractivity contribution >= 4 is 27.5 Å². The van der Waals surface area contributed by atoms with Gasteiger partial charge >= 0.3 is 5.97 Å². The highest BCUT2D eigenvalue weighted by Gasteiger charge is 2.17. The second-order valence-electron chi connectivity index (χ2n) is 6.06. The van der Waals surface area contributed by atoms with Gasteiger partial charge in [-0.1, -0.05) is 20.8 Å². The summed E-state index contributed by atoms with van der Waals surface area (Å²) in [6, 6.07) is 4.91. The van der Waals surface area contributed by atoms with Gasteiger partial charge in [0, 0.05) is 16.7 Å². The number of aromatic nitrogens is 2. The molecule has 0 radical (unpaired) electrons. The lowest BCUT2D eigenvalue weighted by molar-refractivity contribution is -0.147. The number of ether oxygens (including phenoxy) is 1. The fourth-order valence-electron chi connectivity index (χ4n) is 1.84. The van der Waals surface area contributed by atoms with E-state index < -0.39 is 0 Å². The van der Waals surface area contributed by atoms with Crippen LogP contribution in [0.3, 0.4) is 0 Å². The molecule has 0 atom stereocenters. The summed E-state index contributed by atoms with van der Waals surface area (Å²) >= 11 is 3.31. The summed E-state index contributed by atoms with van der Waals surface area (Å²) in [6.07, 6.45) is 1.98. The van der Waals surface area contributed by atoms with Crippen molar-refractivity contribution in [3.8, 4) is 0 Å². The van der Waals surface area contributed by atoms with Crippen LogP contribution in [0.25, 0.3) is 5.65 Å². The van der Waals surface area contributed by atoms with E-state index in [1.165, 1.54) is 10.5 Å². The molecule has 21 heavy (non-hydrogen) atoms. The molecule has 2 heterocycles. The van der Waals surface area contributed by atoms with Crippen molar-refractivity contribution in [2.75, 3.05) is 0 Å². The molecule has 112 valence electrons. The van der Waals surface area contributed by atoms with Crippen molar-refractivity contribution in [2.45, 2.75) is 33.8 Å². The van der Waals surface area contributed by atoms with Gasteiger partial charge < -0.3 is 4.74 Å². The summed E-state index contributed by atoms with van der Waals surface area (Å²) in [4.78, 5) is 28.0. The predicted molar refractivity (Wildman–Crippen MR) is 83.0 cm³/mol. The zero-order valence-corrected chi connectivity index (χ0v) is 13.8. The normalized spacial score (nSPS) is 11.6. The number of nitrogens with zero attached hydrogens (tertiary/aromatic N) is 2. The zero-order valence-electron chi connectivity index (χ0n) is 12.2. The quantitative estimate of drug-likeness (QED) is 0.796. The average molecular weight is 353 g/mol. The van der Waals surface area contributed by atoms with Gasteiger partial charge in [0.25, 0.3) is 5.56 Å². The second kappa shape index (κ2) is 5.97. The molecule has 0 aliphatic carbocycles. The van der Waals surface area contributed by atoms with Crippen LogP contribution in [0.4, 0.5) is 0 Å². The molecule has 6 heteroatoms. The standard InChI is InChI=1S/C15H17BrN2O3/c1-15(2,3)7-14(20)21-9-11-6-13(19)18-8-10(16)4-5-12(18)17-11/h4-6,8H,7,9H2,1-3H3. The van der Waals surface area contributed by atoms with Gasteiger partial charge in [0.15, 0.2) is 0 Å². The summed E-state index contributed by atoms with van der Waals surface area (Å²) in [5.74, 6) is -0.291. The van der Waals surface area contributed by atoms with E-state index in [1.807, 2.05) is 20.8 Å². The minimum Gasteiger partial charge on any atom is -0.459 e.